The molecule has 0 amide bonds. The van der Waals surface area contributed by atoms with Gasteiger partial charge in [0, 0.05) is 0 Å². The molecule has 2 N–H and O–H groups in total. The Morgan fingerprint density at radius 2 is 1.14 bits per heavy atom. The Balaban J connectivity index is 0.000000105. The summed E-state index contributed by atoms with van der Waals surface area (Å²) in [4.78, 5) is 0. The van der Waals surface area contributed by atoms with Gasteiger partial charge in [-0.15, -0.1) is 0 Å². The van der Waals surface area contributed by atoms with Crippen LogP contribution >= 0.6 is 0 Å². The summed E-state index contributed by atoms with van der Waals surface area (Å²) in [5.74, 6) is 0. The van der Waals surface area contributed by atoms with Gasteiger partial charge in [0.1, 0.15) is 0 Å². The van der Waals surface area contributed by atoms with Gasteiger partial charge in [0.25, 0.3) is 0 Å². The maximum atomic E-state index is 7.62. The molecule has 0 unspecified atom stereocenters. The fourth-order valence-electron chi connectivity index (χ4n) is 0. The summed E-state index contributed by atoms with van der Waals surface area (Å²) in [5.41, 5.74) is 0. The summed E-state index contributed by atoms with van der Waals surface area (Å²) in [6, 6.07) is 0. The van der Waals surface area contributed by atoms with E-state index in [1.54, 1.807) is 0 Å². The molecule has 0 spiro atoms. The third-order valence-electron chi connectivity index (χ3n) is 0.454. The largest absolute Gasteiger partial charge is 0.394 e. The van der Waals surface area contributed by atoms with Crippen molar-refractivity contribution in [3.8, 4) is 0 Å². The molecule has 1 rings (SSSR count). The van der Waals surface area contributed by atoms with E-state index in [9.17, 15) is 0 Å². The fraction of sp³-hybridized carbons (Fsp3) is 1.00. The Labute approximate surface area is 43.8 Å². The highest BCUT2D eigenvalue weighted by Crippen LogP contribution is 2.14. The van der Waals surface area contributed by atoms with Gasteiger partial charge < -0.3 is 10.2 Å². The van der Waals surface area contributed by atoms with Crippen LogP contribution in [0.1, 0.15) is 19.3 Å². The molecule has 0 atom stereocenters. The fourth-order valence-corrected chi connectivity index (χ4v) is 0. The minimum absolute atomic E-state index is 0.125. The van der Waals surface area contributed by atoms with Gasteiger partial charge in [0.15, 0.2) is 0 Å². The molecule has 0 aliphatic heterocycles. The zero-order valence-corrected chi connectivity index (χ0v) is 4.43. The SMILES string of the molecule is C1CC1.OCCO. The van der Waals surface area contributed by atoms with Crippen LogP contribution < -0.4 is 0 Å². The third kappa shape index (κ3) is 24.7. The Hall–Kier alpha value is -0.0800. The molecule has 0 aromatic carbocycles. The smallest absolute Gasteiger partial charge is 0.0662 e. The van der Waals surface area contributed by atoms with Crippen molar-refractivity contribution < 1.29 is 10.2 Å². The second kappa shape index (κ2) is 5.92. The van der Waals surface area contributed by atoms with Gasteiger partial charge in [0.05, 0.1) is 13.2 Å². The molecular weight excluding hydrogens is 92.1 g/mol. The molecule has 0 bridgehead atoms. The number of aliphatic hydroxyl groups excluding tert-OH is 2. The first-order chi connectivity index (χ1) is 3.41. The molecule has 1 aliphatic rings. The molecule has 0 saturated heterocycles. The van der Waals surface area contributed by atoms with Crippen molar-refractivity contribution in [2.24, 2.45) is 0 Å². The zero-order valence-electron chi connectivity index (χ0n) is 4.43. The summed E-state index contributed by atoms with van der Waals surface area (Å²) in [5, 5.41) is 15.2. The van der Waals surface area contributed by atoms with Gasteiger partial charge >= 0.3 is 0 Å². The van der Waals surface area contributed by atoms with Gasteiger partial charge in [-0.25, -0.2) is 0 Å². The van der Waals surface area contributed by atoms with Crippen LogP contribution in [-0.4, -0.2) is 23.4 Å². The third-order valence-corrected chi connectivity index (χ3v) is 0.454. The molecule has 1 saturated carbocycles. The topological polar surface area (TPSA) is 40.5 Å². The lowest BCUT2D eigenvalue weighted by Gasteiger charge is -1.70. The van der Waals surface area contributed by atoms with Crippen molar-refractivity contribution in [1.29, 1.82) is 0 Å². The Bertz CT molecular complexity index is 22.5. The van der Waals surface area contributed by atoms with Crippen LogP contribution in [0.3, 0.4) is 0 Å². The number of hydrogen-bond acceptors (Lipinski definition) is 2. The van der Waals surface area contributed by atoms with E-state index in [4.69, 9.17) is 10.2 Å². The molecule has 0 aromatic rings. The summed E-state index contributed by atoms with van der Waals surface area (Å²) < 4.78 is 0. The monoisotopic (exact) mass is 104 g/mol. The van der Waals surface area contributed by atoms with Gasteiger partial charge in [-0.3, -0.25) is 0 Å². The molecule has 0 heterocycles. The number of aliphatic hydroxyl groups is 2. The lowest BCUT2D eigenvalue weighted by atomic mass is 10.8. The first-order valence-corrected chi connectivity index (χ1v) is 2.63. The Morgan fingerprint density at radius 1 is 0.857 bits per heavy atom. The van der Waals surface area contributed by atoms with Crippen LogP contribution in [0, 0.1) is 0 Å². The summed E-state index contributed by atoms with van der Waals surface area (Å²) >= 11 is 0. The van der Waals surface area contributed by atoms with Crippen LogP contribution in [0.25, 0.3) is 0 Å². The van der Waals surface area contributed by atoms with Gasteiger partial charge in [-0.2, -0.15) is 0 Å². The number of rotatable bonds is 1. The Morgan fingerprint density at radius 3 is 1.14 bits per heavy atom. The van der Waals surface area contributed by atoms with Crippen LogP contribution in [0.4, 0.5) is 0 Å². The van der Waals surface area contributed by atoms with Crippen LogP contribution in [-0.2, 0) is 0 Å². The quantitative estimate of drug-likeness (QED) is 0.497. The van der Waals surface area contributed by atoms with E-state index in [0.29, 0.717) is 0 Å². The summed E-state index contributed by atoms with van der Waals surface area (Å²) in [6.07, 6.45) is 4.50. The standard InChI is InChI=1S/C3H6.C2H6O2/c1-2-3-1;3-1-2-4/h1-3H2;3-4H,1-2H2. The summed E-state index contributed by atoms with van der Waals surface area (Å²) in [7, 11) is 0. The molecule has 0 aromatic heterocycles. The van der Waals surface area contributed by atoms with Gasteiger partial charge in [-0.05, 0) is 0 Å². The first kappa shape index (κ1) is 6.92. The van der Waals surface area contributed by atoms with E-state index in [0.717, 1.165) is 0 Å². The van der Waals surface area contributed by atoms with Gasteiger partial charge in [0.2, 0.25) is 0 Å². The van der Waals surface area contributed by atoms with Gasteiger partial charge in [-0.1, -0.05) is 19.3 Å². The van der Waals surface area contributed by atoms with Crippen molar-refractivity contribution in [2.75, 3.05) is 13.2 Å². The molecular formula is C5H12O2. The van der Waals surface area contributed by atoms with E-state index < -0.39 is 0 Å². The molecule has 44 valence electrons. The average molecular weight is 104 g/mol. The van der Waals surface area contributed by atoms with Crippen LogP contribution in [0.15, 0.2) is 0 Å². The maximum Gasteiger partial charge on any atom is 0.0662 e. The summed E-state index contributed by atoms with van der Waals surface area (Å²) in [6.45, 7) is -0.250. The molecule has 1 fully saturated rings. The maximum absolute atomic E-state index is 7.62. The highest BCUT2D eigenvalue weighted by Gasteiger charge is 1.95. The molecule has 2 heteroatoms. The molecule has 7 heavy (non-hydrogen) atoms. The molecule has 1 aliphatic carbocycles. The van der Waals surface area contributed by atoms with Crippen molar-refractivity contribution >= 4 is 0 Å². The minimum Gasteiger partial charge on any atom is -0.394 e. The lowest BCUT2D eigenvalue weighted by Crippen LogP contribution is -1.85. The number of hydrogen-bond donors (Lipinski definition) is 2. The minimum atomic E-state index is -0.125. The first-order valence-electron chi connectivity index (χ1n) is 2.63. The zero-order chi connectivity index (χ0) is 5.54. The molecule has 2 nitrogen and oxygen atoms in total. The van der Waals surface area contributed by atoms with E-state index in [-0.39, 0.29) is 13.2 Å². The highest BCUT2D eigenvalue weighted by atomic mass is 16.3. The highest BCUT2D eigenvalue weighted by molar-refractivity contribution is 4.50. The second-order valence-electron chi connectivity index (χ2n) is 1.51. The van der Waals surface area contributed by atoms with E-state index in [2.05, 4.69) is 0 Å². The van der Waals surface area contributed by atoms with Crippen molar-refractivity contribution in [1.82, 2.24) is 0 Å². The Kier molecular flexibility index (Phi) is 5.85. The second-order valence-corrected chi connectivity index (χ2v) is 1.51. The van der Waals surface area contributed by atoms with E-state index in [1.165, 1.54) is 19.3 Å². The van der Waals surface area contributed by atoms with Crippen LogP contribution in [0.2, 0.25) is 0 Å². The predicted octanol–water partition coefficient (Wildman–Crippen LogP) is 0.141. The predicted molar refractivity (Wildman–Crippen MR) is 28.0 cm³/mol. The van der Waals surface area contributed by atoms with E-state index >= 15 is 0 Å². The molecule has 0 radical (unpaired) electrons. The lowest BCUT2D eigenvalue weighted by molar-refractivity contribution is 0.186. The van der Waals surface area contributed by atoms with Crippen LogP contribution in [0.5, 0.6) is 0 Å². The van der Waals surface area contributed by atoms with E-state index in [1.807, 2.05) is 0 Å². The van der Waals surface area contributed by atoms with Crippen molar-refractivity contribution in [3.05, 3.63) is 0 Å². The normalized spacial score (nSPS) is 14.6. The average Bonchev–Trinajstić information content (AvgIpc) is 2.47. The van der Waals surface area contributed by atoms with Crippen molar-refractivity contribution in [3.63, 3.8) is 0 Å². The van der Waals surface area contributed by atoms with Crippen molar-refractivity contribution in [2.45, 2.75) is 19.3 Å².